The van der Waals surface area contributed by atoms with Crippen molar-refractivity contribution in [2.45, 2.75) is 6.42 Å². The van der Waals surface area contributed by atoms with E-state index >= 15 is 0 Å². The fraction of sp³-hybridized carbons (Fsp3) is 0.400. The molecule has 0 fully saturated rings. The molecule has 0 unspecified atom stereocenters. The first kappa shape index (κ1) is 14.3. The summed E-state index contributed by atoms with van der Waals surface area (Å²) in [5.74, 6) is 0. The maximum atomic E-state index is 10.8. The number of hydrogen-bond donors (Lipinski definition) is 3. The van der Waals surface area contributed by atoms with E-state index in [1.165, 1.54) is 0 Å². The van der Waals surface area contributed by atoms with E-state index in [-0.39, 0.29) is 0 Å². The molecule has 4 N–H and O–H groups in total. The van der Waals surface area contributed by atoms with Gasteiger partial charge in [0.1, 0.15) is 0 Å². The summed E-state index contributed by atoms with van der Waals surface area (Å²) in [4.78, 5) is 0. The molecule has 1 rings (SSSR count). The topological polar surface area (TPSA) is 84.2 Å². The number of rotatable bonds is 6. The van der Waals surface area contributed by atoms with E-state index in [1.54, 1.807) is 0 Å². The number of sulfonamides is 1. The van der Waals surface area contributed by atoms with Crippen LogP contribution in [-0.2, 0) is 10.0 Å². The molecule has 0 radical (unpaired) electrons. The highest BCUT2D eigenvalue weighted by molar-refractivity contribution is 9.10. The van der Waals surface area contributed by atoms with Gasteiger partial charge in [0.15, 0.2) is 0 Å². The summed E-state index contributed by atoms with van der Waals surface area (Å²) < 4.78 is 25.0. The molecule has 1 aromatic rings. The summed E-state index contributed by atoms with van der Waals surface area (Å²) in [6, 6.07) is 5.59. The second kappa shape index (κ2) is 6.23. The van der Waals surface area contributed by atoms with Crippen LogP contribution in [0.25, 0.3) is 0 Å². The predicted molar refractivity (Wildman–Crippen MR) is 74.5 cm³/mol. The first-order valence-electron chi connectivity index (χ1n) is 5.12. The highest BCUT2D eigenvalue weighted by Gasteiger charge is 2.00. The van der Waals surface area contributed by atoms with Crippen LogP contribution in [0.15, 0.2) is 22.7 Å². The molecule has 0 amide bonds. The molecule has 0 aliphatic carbocycles. The van der Waals surface area contributed by atoms with Crippen LogP contribution in [-0.4, -0.2) is 27.8 Å². The number of nitrogens with one attached hydrogen (secondary N) is 2. The Bertz CT molecular complexity index is 476. The second-order valence-corrected chi connectivity index (χ2v) is 6.43. The summed E-state index contributed by atoms with van der Waals surface area (Å²) in [5.41, 5.74) is 7.32. The smallest absolute Gasteiger partial charge is 0.208 e. The average Bonchev–Trinajstić information content (AvgIpc) is 2.18. The number of benzene rings is 1. The van der Waals surface area contributed by atoms with Crippen LogP contribution < -0.4 is 15.8 Å². The molecule has 0 aliphatic rings. The summed E-state index contributed by atoms with van der Waals surface area (Å²) in [6.45, 7) is 1.08. The monoisotopic (exact) mass is 321 g/mol. The molecular weight excluding hydrogens is 306 g/mol. The molecule has 0 aliphatic heterocycles. The third-order valence-corrected chi connectivity index (χ3v) is 3.27. The zero-order chi connectivity index (χ0) is 12.9. The van der Waals surface area contributed by atoms with Gasteiger partial charge in [-0.05, 0) is 24.6 Å². The molecule has 7 heteroatoms. The molecule has 17 heavy (non-hydrogen) atoms. The lowest BCUT2D eigenvalue weighted by atomic mass is 10.2. The van der Waals surface area contributed by atoms with Crippen LogP contribution in [0.4, 0.5) is 11.4 Å². The molecule has 0 aromatic heterocycles. The molecule has 0 spiro atoms. The standard InChI is InChI=1S/C10H16BrN3O2S/c1-17(15,16)14-6-2-5-13-10-4-3-8(11)7-9(10)12/h3-4,7,13-14H,2,5-6,12H2,1H3. The van der Waals surface area contributed by atoms with Crippen molar-refractivity contribution < 1.29 is 8.42 Å². The van der Waals surface area contributed by atoms with E-state index in [1.807, 2.05) is 18.2 Å². The first-order valence-corrected chi connectivity index (χ1v) is 7.80. The van der Waals surface area contributed by atoms with Gasteiger partial charge >= 0.3 is 0 Å². The first-order chi connectivity index (χ1) is 7.88. The molecule has 1 aromatic carbocycles. The Labute approximate surface area is 110 Å². The van der Waals surface area contributed by atoms with E-state index in [4.69, 9.17) is 5.73 Å². The molecule has 0 saturated heterocycles. The lowest BCUT2D eigenvalue weighted by Gasteiger charge is -2.09. The SMILES string of the molecule is CS(=O)(=O)NCCCNc1ccc(Br)cc1N. The van der Waals surface area contributed by atoms with Gasteiger partial charge in [-0.3, -0.25) is 0 Å². The molecule has 0 saturated carbocycles. The van der Waals surface area contributed by atoms with E-state index in [0.717, 1.165) is 16.4 Å². The largest absolute Gasteiger partial charge is 0.397 e. The molecule has 0 heterocycles. The zero-order valence-electron chi connectivity index (χ0n) is 9.53. The predicted octanol–water partition coefficient (Wildman–Crippen LogP) is 1.38. The lowest BCUT2D eigenvalue weighted by molar-refractivity contribution is 0.586. The van der Waals surface area contributed by atoms with E-state index in [9.17, 15) is 8.42 Å². The lowest BCUT2D eigenvalue weighted by Crippen LogP contribution is -2.24. The van der Waals surface area contributed by atoms with Crippen LogP contribution >= 0.6 is 15.9 Å². The van der Waals surface area contributed by atoms with Crippen LogP contribution in [0, 0.1) is 0 Å². The number of hydrogen-bond acceptors (Lipinski definition) is 4. The van der Waals surface area contributed by atoms with Gasteiger partial charge in [0.25, 0.3) is 0 Å². The van der Waals surface area contributed by atoms with Crippen molar-refractivity contribution >= 4 is 37.3 Å². The van der Waals surface area contributed by atoms with Crippen molar-refractivity contribution in [2.24, 2.45) is 0 Å². The Morgan fingerprint density at radius 3 is 2.65 bits per heavy atom. The highest BCUT2D eigenvalue weighted by atomic mass is 79.9. The van der Waals surface area contributed by atoms with Crippen LogP contribution in [0.1, 0.15) is 6.42 Å². The zero-order valence-corrected chi connectivity index (χ0v) is 11.9. The van der Waals surface area contributed by atoms with Crippen molar-refractivity contribution in [2.75, 3.05) is 30.4 Å². The molecule has 96 valence electrons. The van der Waals surface area contributed by atoms with E-state index in [0.29, 0.717) is 25.2 Å². The van der Waals surface area contributed by atoms with Crippen LogP contribution in [0.3, 0.4) is 0 Å². The fourth-order valence-electron chi connectivity index (χ4n) is 1.26. The van der Waals surface area contributed by atoms with Crippen LogP contribution in [0.5, 0.6) is 0 Å². The Balaban J connectivity index is 2.32. The van der Waals surface area contributed by atoms with Gasteiger partial charge in [0, 0.05) is 17.6 Å². The van der Waals surface area contributed by atoms with Crippen molar-refractivity contribution in [1.82, 2.24) is 4.72 Å². The summed E-state index contributed by atoms with van der Waals surface area (Å²) in [7, 11) is -3.09. The van der Waals surface area contributed by atoms with Gasteiger partial charge in [0.2, 0.25) is 10.0 Å². The van der Waals surface area contributed by atoms with Crippen molar-refractivity contribution in [3.8, 4) is 0 Å². The van der Waals surface area contributed by atoms with Gasteiger partial charge in [0.05, 0.1) is 17.6 Å². The molecular formula is C10H16BrN3O2S. The molecule has 5 nitrogen and oxygen atoms in total. The Morgan fingerprint density at radius 1 is 1.35 bits per heavy atom. The Kier molecular flexibility index (Phi) is 5.23. The summed E-state index contributed by atoms with van der Waals surface area (Å²) >= 11 is 3.33. The molecule has 0 atom stereocenters. The van der Waals surface area contributed by atoms with Crippen molar-refractivity contribution in [3.63, 3.8) is 0 Å². The number of nitrogen functional groups attached to an aromatic ring is 1. The third-order valence-electron chi connectivity index (χ3n) is 2.05. The second-order valence-electron chi connectivity index (χ2n) is 3.68. The van der Waals surface area contributed by atoms with Gasteiger partial charge in [-0.1, -0.05) is 15.9 Å². The minimum Gasteiger partial charge on any atom is -0.397 e. The normalized spacial score (nSPS) is 11.4. The van der Waals surface area contributed by atoms with Crippen molar-refractivity contribution in [1.29, 1.82) is 0 Å². The third kappa shape index (κ3) is 5.90. The summed E-state index contributed by atoms with van der Waals surface area (Å²) in [6.07, 6.45) is 1.84. The Morgan fingerprint density at radius 2 is 2.06 bits per heavy atom. The van der Waals surface area contributed by atoms with E-state index < -0.39 is 10.0 Å². The number of nitrogens with two attached hydrogens (primary N) is 1. The number of anilines is 2. The van der Waals surface area contributed by atoms with Gasteiger partial charge in [-0.2, -0.15) is 0 Å². The maximum Gasteiger partial charge on any atom is 0.208 e. The number of halogens is 1. The summed E-state index contributed by atoms with van der Waals surface area (Å²) in [5, 5.41) is 3.15. The van der Waals surface area contributed by atoms with Gasteiger partial charge < -0.3 is 11.1 Å². The van der Waals surface area contributed by atoms with E-state index in [2.05, 4.69) is 26.0 Å². The average molecular weight is 322 g/mol. The quantitative estimate of drug-likeness (QED) is 0.546. The maximum absolute atomic E-state index is 10.8. The fourth-order valence-corrected chi connectivity index (χ4v) is 2.16. The Hall–Kier alpha value is -0.790. The minimum atomic E-state index is -3.09. The van der Waals surface area contributed by atoms with Crippen LogP contribution in [0.2, 0.25) is 0 Å². The highest BCUT2D eigenvalue weighted by Crippen LogP contribution is 2.22. The van der Waals surface area contributed by atoms with Gasteiger partial charge in [-0.15, -0.1) is 0 Å². The molecule has 0 bridgehead atoms. The van der Waals surface area contributed by atoms with Gasteiger partial charge in [-0.25, -0.2) is 13.1 Å². The minimum absolute atomic E-state index is 0.419. The van der Waals surface area contributed by atoms with Crippen molar-refractivity contribution in [3.05, 3.63) is 22.7 Å².